The van der Waals surface area contributed by atoms with E-state index in [1.165, 1.54) is 13.1 Å². The second kappa shape index (κ2) is 7.30. The molecule has 0 bridgehead atoms. The fraction of sp³-hybridized carbons (Fsp3) is 0.500. The van der Waals surface area contributed by atoms with Gasteiger partial charge < -0.3 is 26.8 Å². The molecule has 2 saturated heterocycles. The number of alkyl halides is 3. The average Bonchev–Trinajstić information content (AvgIpc) is 3.02. The Bertz CT molecular complexity index is 752. The predicted octanol–water partition coefficient (Wildman–Crippen LogP) is 1.98. The van der Waals surface area contributed by atoms with E-state index in [0.29, 0.717) is 24.0 Å². The fourth-order valence-electron chi connectivity index (χ4n) is 3.94. The van der Waals surface area contributed by atoms with Crippen LogP contribution in [0.2, 0.25) is 0 Å². The lowest BCUT2D eigenvalue weighted by Gasteiger charge is -2.32. The molecule has 3 rings (SSSR count). The Morgan fingerprint density at radius 2 is 2.07 bits per heavy atom. The summed E-state index contributed by atoms with van der Waals surface area (Å²) in [6.07, 6.45) is -1.10. The highest BCUT2D eigenvalue weighted by Crippen LogP contribution is 2.36. The van der Waals surface area contributed by atoms with Gasteiger partial charge in [0.1, 0.15) is 5.75 Å². The molecule has 2 fully saturated rings. The molecule has 6 nitrogen and oxygen atoms in total. The highest BCUT2D eigenvalue weighted by atomic mass is 19.4. The number of guanidine groups is 1. The van der Waals surface area contributed by atoms with Gasteiger partial charge in [0.05, 0.1) is 17.5 Å². The Labute approximate surface area is 155 Å². The summed E-state index contributed by atoms with van der Waals surface area (Å²) in [6.45, 7) is 4.12. The molecule has 9 heteroatoms. The van der Waals surface area contributed by atoms with Crippen LogP contribution in [0, 0.1) is 12.8 Å². The molecular weight excluding hydrogens is 359 g/mol. The van der Waals surface area contributed by atoms with Gasteiger partial charge in [0.25, 0.3) is 0 Å². The van der Waals surface area contributed by atoms with Gasteiger partial charge in [-0.1, -0.05) is 0 Å². The number of aliphatic imine (C=N–C) groups is 1. The highest BCUT2D eigenvalue weighted by molar-refractivity contribution is 5.81. The quantitative estimate of drug-likeness (QED) is 0.462. The van der Waals surface area contributed by atoms with Gasteiger partial charge in [0.15, 0.2) is 5.96 Å². The van der Waals surface area contributed by atoms with Gasteiger partial charge in [-0.05, 0) is 49.9 Å². The molecule has 0 radical (unpaired) electrons. The number of aryl methyl sites for hydroxylation is 1. The van der Waals surface area contributed by atoms with E-state index < -0.39 is 17.5 Å². The number of nitrogens with two attached hydrogens (primary N) is 2. The van der Waals surface area contributed by atoms with Crippen LogP contribution in [0.1, 0.15) is 29.5 Å². The van der Waals surface area contributed by atoms with Gasteiger partial charge in [0.2, 0.25) is 0 Å². The summed E-state index contributed by atoms with van der Waals surface area (Å²) in [5.41, 5.74) is 11.5. The third kappa shape index (κ3) is 3.97. The predicted molar refractivity (Wildman–Crippen MR) is 97.7 cm³/mol. The van der Waals surface area contributed by atoms with Crippen molar-refractivity contribution < 1.29 is 18.3 Å². The molecule has 0 amide bonds. The molecular formula is C18H24F3N5O. The number of benzene rings is 1. The maximum absolute atomic E-state index is 12.8. The summed E-state index contributed by atoms with van der Waals surface area (Å²) in [7, 11) is 0. The zero-order chi connectivity index (χ0) is 19.8. The van der Waals surface area contributed by atoms with Crippen molar-refractivity contribution in [2.45, 2.75) is 32.0 Å². The number of piperidine rings is 1. The van der Waals surface area contributed by atoms with E-state index in [2.05, 4.69) is 10.3 Å². The normalized spacial score (nSPS) is 24.2. The smallest absolute Gasteiger partial charge is 0.416 e. The zero-order valence-electron chi connectivity index (χ0n) is 15.1. The van der Waals surface area contributed by atoms with Crippen LogP contribution in [-0.2, 0) is 6.18 Å². The molecule has 0 aliphatic carbocycles. The second-order valence-electron chi connectivity index (χ2n) is 7.06. The van der Waals surface area contributed by atoms with Crippen LogP contribution in [0.25, 0.3) is 5.70 Å². The van der Waals surface area contributed by atoms with Crippen LogP contribution in [0.15, 0.2) is 23.3 Å². The molecule has 0 spiro atoms. The van der Waals surface area contributed by atoms with E-state index in [4.69, 9.17) is 11.5 Å². The number of phenolic OH excluding ortho intramolecular Hbond substituents is 1. The molecule has 1 aromatic carbocycles. The van der Waals surface area contributed by atoms with E-state index in [1.807, 2.05) is 4.90 Å². The van der Waals surface area contributed by atoms with E-state index in [9.17, 15) is 18.3 Å². The lowest BCUT2D eigenvalue weighted by molar-refractivity contribution is -0.137. The highest BCUT2D eigenvalue weighted by Gasteiger charge is 2.36. The first-order chi connectivity index (χ1) is 12.7. The minimum absolute atomic E-state index is 0.0548. The van der Waals surface area contributed by atoms with Crippen molar-refractivity contribution >= 4 is 11.7 Å². The number of halogens is 3. The summed E-state index contributed by atoms with van der Waals surface area (Å²) < 4.78 is 38.5. The lowest BCUT2D eigenvalue weighted by atomic mass is 9.93. The van der Waals surface area contributed by atoms with Crippen molar-refractivity contribution in [1.82, 2.24) is 10.2 Å². The number of rotatable bonds is 2. The number of hydrogen-bond donors (Lipinski definition) is 4. The Balaban J connectivity index is 1.82. The largest absolute Gasteiger partial charge is 0.507 e. The first kappa shape index (κ1) is 19.3. The minimum atomic E-state index is -4.54. The molecule has 1 aromatic rings. The van der Waals surface area contributed by atoms with Crippen molar-refractivity contribution in [2.75, 3.05) is 19.6 Å². The molecule has 6 N–H and O–H groups in total. The van der Waals surface area contributed by atoms with E-state index >= 15 is 0 Å². The maximum Gasteiger partial charge on any atom is 0.416 e. The van der Waals surface area contributed by atoms with Crippen molar-refractivity contribution in [3.8, 4) is 5.75 Å². The first-order valence-corrected chi connectivity index (χ1v) is 8.86. The number of phenols is 1. The van der Waals surface area contributed by atoms with Crippen LogP contribution in [-0.4, -0.2) is 41.6 Å². The topological polar surface area (TPSA) is 99.9 Å². The van der Waals surface area contributed by atoms with E-state index in [-0.39, 0.29) is 16.8 Å². The van der Waals surface area contributed by atoms with Crippen LogP contribution in [0.3, 0.4) is 0 Å². The van der Waals surface area contributed by atoms with Gasteiger partial charge >= 0.3 is 6.18 Å². The van der Waals surface area contributed by atoms with Gasteiger partial charge in [0, 0.05) is 24.7 Å². The van der Waals surface area contributed by atoms with Crippen LogP contribution >= 0.6 is 0 Å². The summed E-state index contributed by atoms with van der Waals surface area (Å²) >= 11 is 0. The molecule has 27 heavy (non-hydrogen) atoms. The molecule has 2 heterocycles. The van der Waals surface area contributed by atoms with Crippen LogP contribution in [0.4, 0.5) is 13.2 Å². The monoisotopic (exact) mass is 383 g/mol. The van der Waals surface area contributed by atoms with Crippen LogP contribution in [0.5, 0.6) is 5.75 Å². The van der Waals surface area contributed by atoms with Crippen molar-refractivity contribution in [2.24, 2.45) is 22.4 Å². The molecule has 2 unspecified atom stereocenters. The Kier molecular flexibility index (Phi) is 5.23. The van der Waals surface area contributed by atoms with Crippen molar-refractivity contribution in [3.63, 3.8) is 0 Å². The molecule has 2 aliphatic rings. The summed E-state index contributed by atoms with van der Waals surface area (Å²) in [5, 5.41) is 13.4. The molecule has 0 saturated carbocycles. The number of nitrogens with zero attached hydrogens (tertiary/aromatic N) is 2. The third-order valence-corrected chi connectivity index (χ3v) is 5.29. The van der Waals surface area contributed by atoms with E-state index in [1.54, 1.807) is 0 Å². The SMILES string of the molecule is Cc1cc(C(F)(F)F)cc(O)c1/C(N)=C/N=C(N)N1CCC2CCNCC21. The van der Waals surface area contributed by atoms with Gasteiger partial charge in [-0.2, -0.15) is 13.2 Å². The maximum atomic E-state index is 12.8. The third-order valence-electron chi connectivity index (χ3n) is 5.29. The summed E-state index contributed by atoms with van der Waals surface area (Å²) in [5.74, 6) is 0.364. The van der Waals surface area contributed by atoms with Crippen molar-refractivity contribution in [3.05, 3.63) is 35.0 Å². The second-order valence-corrected chi connectivity index (χ2v) is 7.06. The number of aromatic hydroxyl groups is 1. The number of hydrogen-bond acceptors (Lipinski definition) is 4. The number of nitrogens with one attached hydrogen (secondary N) is 1. The van der Waals surface area contributed by atoms with Crippen LogP contribution < -0.4 is 16.8 Å². The fourth-order valence-corrected chi connectivity index (χ4v) is 3.94. The molecule has 0 aromatic heterocycles. The van der Waals surface area contributed by atoms with Gasteiger partial charge in [-0.25, -0.2) is 4.99 Å². The molecule has 148 valence electrons. The van der Waals surface area contributed by atoms with E-state index in [0.717, 1.165) is 38.5 Å². The zero-order valence-corrected chi connectivity index (χ0v) is 15.1. The minimum Gasteiger partial charge on any atom is -0.507 e. The first-order valence-electron chi connectivity index (χ1n) is 8.86. The Morgan fingerprint density at radius 3 is 2.74 bits per heavy atom. The van der Waals surface area contributed by atoms with Gasteiger partial charge in [-0.15, -0.1) is 0 Å². The molecule has 2 aliphatic heterocycles. The van der Waals surface area contributed by atoms with Crippen molar-refractivity contribution in [1.29, 1.82) is 0 Å². The average molecular weight is 383 g/mol. The standard InChI is InChI=1S/C18H24F3N5O/c1-10-6-12(18(19,20)21)7-15(27)16(10)13(22)8-25-17(23)26-5-3-11-2-4-24-9-14(11)26/h6-8,11,14,24,27H,2-5,9,22H2,1H3,(H2,23,25)/b13-8-. The summed E-state index contributed by atoms with van der Waals surface area (Å²) in [4.78, 5) is 6.23. The Hall–Kier alpha value is -2.42. The molecule has 2 atom stereocenters. The van der Waals surface area contributed by atoms with Gasteiger partial charge in [-0.3, -0.25) is 0 Å². The lowest BCUT2D eigenvalue weighted by Crippen LogP contribution is -2.50. The Morgan fingerprint density at radius 1 is 1.33 bits per heavy atom. The number of fused-ring (bicyclic) bond motifs is 1. The summed E-state index contributed by atoms with van der Waals surface area (Å²) in [6, 6.07) is 1.90. The number of likely N-dealkylation sites (tertiary alicyclic amines) is 1.